The highest BCUT2D eigenvalue weighted by molar-refractivity contribution is 6.29. The number of para-hydroxylation sites is 1. The number of halogens is 1. The van der Waals surface area contributed by atoms with Gasteiger partial charge >= 0.3 is 0 Å². The van der Waals surface area contributed by atoms with Crippen molar-refractivity contribution in [2.45, 2.75) is 6.92 Å². The van der Waals surface area contributed by atoms with E-state index >= 15 is 0 Å². The van der Waals surface area contributed by atoms with E-state index in [4.69, 9.17) is 16.3 Å². The van der Waals surface area contributed by atoms with Gasteiger partial charge in [0.25, 0.3) is 5.88 Å². The smallest absolute Gasteiger partial charge is 0.285 e. The molecule has 1 aromatic carbocycles. The summed E-state index contributed by atoms with van der Waals surface area (Å²) in [6, 6.07) is 7.77. The summed E-state index contributed by atoms with van der Waals surface area (Å²) in [7, 11) is 0. The van der Waals surface area contributed by atoms with E-state index < -0.39 is 5.43 Å². The molecule has 6 heteroatoms. The zero-order valence-electron chi connectivity index (χ0n) is 9.44. The summed E-state index contributed by atoms with van der Waals surface area (Å²) < 4.78 is 5.32. The molecule has 0 aliphatic carbocycles. The molecule has 18 heavy (non-hydrogen) atoms. The van der Waals surface area contributed by atoms with Crippen LogP contribution in [0, 0.1) is 0 Å². The minimum Gasteiger partial charge on any atom is -0.434 e. The SMILES string of the molecule is CC(=O)c1ccccc1Oc1n[nH]c(Cl)cc1=O. The lowest BCUT2D eigenvalue weighted by atomic mass is 10.1. The Kier molecular flexibility index (Phi) is 3.43. The standard InChI is InChI=1S/C12H9ClN2O3/c1-7(16)8-4-2-3-5-10(8)18-12-9(17)6-11(13)14-15-12/h2-6H,1H3,(H,14,17). The van der Waals surface area contributed by atoms with Gasteiger partial charge in [0.2, 0.25) is 5.43 Å². The van der Waals surface area contributed by atoms with Crippen LogP contribution in [0.3, 0.4) is 0 Å². The number of aromatic amines is 1. The maximum atomic E-state index is 11.5. The van der Waals surface area contributed by atoms with Crippen LogP contribution < -0.4 is 10.2 Å². The number of benzene rings is 1. The van der Waals surface area contributed by atoms with E-state index in [1.165, 1.54) is 6.92 Å². The second kappa shape index (κ2) is 5.01. The zero-order chi connectivity index (χ0) is 13.1. The summed E-state index contributed by atoms with van der Waals surface area (Å²) in [6.45, 7) is 1.42. The predicted molar refractivity (Wildman–Crippen MR) is 66.4 cm³/mol. The molecule has 0 fully saturated rings. The molecule has 92 valence electrons. The van der Waals surface area contributed by atoms with Crippen LogP contribution in [0.15, 0.2) is 35.1 Å². The van der Waals surface area contributed by atoms with Gasteiger partial charge in [0.15, 0.2) is 5.78 Å². The Morgan fingerprint density at radius 1 is 1.39 bits per heavy atom. The number of carbonyl (C=O) groups is 1. The highest BCUT2D eigenvalue weighted by atomic mass is 35.5. The van der Waals surface area contributed by atoms with Crippen molar-refractivity contribution in [2.75, 3.05) is 0 Å². The van der Waals surface area contributed by atoms with E-state index in [0.29, 0.717) is 5.56 Å². The summed E-state index contributed by atoms with van der Waals surface area (Å²) in [4.78, 5) is 22.9. The lowest BCUT2D eigenvalue weighted by Crippen LogP contribution is -2.08. The Labute approximate surface area is 107 Å². The first-order chi connectivity index (χ1) is 8.58. The van der Waals surface area contributed by atoms with Crippen molar-refractivity contribution < 1.29 is 9.53 Å². The number of hydrogen-bond acceptors (Lipinski definition) is 4. The highest BCUT2D eigenvalue weighted by Crippen LogP contribution is 2.22. The van der Waals surface area contributed by atoms with Gasteiger partial charge in [-0.3, -0.25) is 14.7 Å². The number of rotatable bonds is 3. The zero-order valence-corrected chi connectivity index (χ0v) is 10.2. The molecule has 0 amide bonds. The number of Topliss-reactive ketones (excluding diaryl/α,β-unsaturated/α-hetero) is 1. The van der Waals surface area contributed by atoms with E-state index in [-0.39, 0.29) is 22.6 Å². The van der Waals surface area contributed by atoms with Crippen LogP contribution in [0.4, 0.5) is 0 Å². The maximum absolute atomic E-state index is 11.5. The Balaban J connectivity index is 2.40. The second-order valence-electron chi connectivity index (χ2n) is 3.54. The normalized spacial score (nSPS) is 10.1. The molecule has 1 aromatic heterocycles. The molecule has 0 bridgehead atoms. The van der Waals surface area contributed by atoms with Crippen LogP contribution in [-0.2, 0) is 0 Å². The van der Waals surface area contributed by atoms with Crippen LogP contribution >= 0.6 is 11.6 Å². The molecule has 1 N–H and O–H groups in total. The van der Waals surface area contributed by atoms with Crippen molar-refractivity contribution >= 4 is 17.4 Å². The molecular formula is C12H9ClN2O3. The predicted octanol–water partition coefficient (Wildman–Crippen LogP) is 2.42. The monoisotopic (exact) mass is 264 g/mol. The summed E-state index contributed by atoms with van der Waals surface area (Å²) in [6.07, 6.45) is 0. The Morgan fingerprint density at radius 3 is 2.78 bits per heavy atom. The molecule has 0 aliphatic heterocycles. The van der Waals surface area contributed by atoms with E-state index in [1.54, 1.807) is 24.3 Å². The first kappa shape index (κ1) is 12.3. The molecule has 1 heterocycles. The number of carbonyl (C=O) groups excluding carboxylic acids is 1. The third-order valence-corrected chi connectivity index (χ3v) is 2.40. The first-order valence-corrected chi connectivity index (χ1v) is 5.49. The van der Waals surface area contributed by atoms with Gasteiger partial charge in [0.05, 0.1) is 5.56 Å². The highest BCUT2D eigenvalue weighted by Gasteiger charge is 2.11. The number of nitrogens with one attached hydrogen (secondary N) is 1. The Bertz CT molecular complexity index is 652. The number of nitrogens with zero attached hydrogens (tertiary/aromatic N) is 1. The molecule has 0 saturated carbocycles. The number of ketones is 1. The fourth-order valence-electron chi connectivity index (χ4n) is 1.39. The van der Waals surface area contributed by atoms with Gasteiger partial charge in [-0.15, -0.1) is 5.10 Å². The third-order valence-electron chi connectivity index (χ3n) is 2.21. The number of ether oxygens (including phenoxy) is 1. The van der Waals surface area contributed by atoms with E-state index in [0.717, 1.165) is 6.07 Å². The largest absolute Gasteiger partial charge is 0.434 e. The fourth-order valence-corrected chi connectivity index (χ4v) is 1.53. The lowest BCUT2D eigenvalue weighted by Gasteiger charge is -2.07. The molecule has 0 saturated heterocycles. The molecule has 2 aromatic rings. The molecule has 0 radical (unpaired) electrons. The third kappa shape index (κ3) is 2.57. The summed E-state index contributed by atoms with van der Waals surface area (Å²) >= 11 is 5.57. The average Bonchev–Trinajstić information content (AvgIpc) is 2.33. The van der Waals surface area contributed by atoms with Gasteiger partial charge in [0, 0.05) is 6.07 Å². The summed E-state index contributed by atoms with van der Waals surface area (Å²) in [5.41, 5.74) is -0.0780. The van der Waals surface area contributed by atoms with Gasteiger partial charge in [-0.25, -0.2) is 0 Å². The number of aromatic nitrogens is 2. The summed E-state index contributed by atoms with van der Waals surface area (Å²) in [5, 5.41) is 6.20. The van der Waals surface area contributed by atoms with Crippen molar-refractivity contribution in [2.24, 2.45) is 0 Å². The number of hydrogen-bond donors (Lipinski definition) is 1. The first-order valence-electron chi connectivity index (χ1n) is 5.11. The Morgan fingerprint density at radius 2 is 2.11 bits per heavy atom. The van der Waals surface area contributed by atoms with E-state index in [9.17, 15) is 9.59 Å². The van der Waals surface area contributed by atoms with E-state index in [2.05, 4.69) is 10.2 Å². The van der Waals surface area contributed by atoms with Crippen molar-refractivity contribution in [3.8, 4) is 11.6 Å². The molecular weight excluding hydrogens is 256 g/mol. The molecule has 0 unspecified atom stereocenters. The molecule has 0 atom stereocenters. The average molecular weight is 265 g/mol. The van der Waals surface area contributed by atoms with Gasteiger partial charge < -0.3 is 4.74 Å². The fraction of sp³-hybridized carbons (Fsp3) is 0.0833. The molecule has 0 aliphatic rings. The molecule has 5 nitrogen and oxygen atoms in total. The van der Waals surface area contributed by atoms with Crippen LogP contribution in [0.5, 0.6) is 11.6 Å². The van der Waals surface area contributed by atoms with Crippen molar-refractivity contribution in [1.29, 1.82) is 0 Å². The second-order valence-corrected chi connectivity index (χ2v) is 3.95. The van der Waals surface area contributed by atoms with Crippen LogP contribution in [0.25, 0.3) is 0 Å². The van der Waals surface area contributed by atoms with Gasteiger partial charge in [-0.05, 0) is 19.1 Å². The molecule has 2 rings (SSSR count). The Hall–Kier alpha value is -2.14. The minimum atomic E-state index is -0.461. The van der Waals surface area contributed by atoms with Gasteiger partial charge in [0.1, 0.15) is 10.9 Å². The van der Waals surface area contributed by atoms with Crippen LogP contribution in [0.2, 0.25) is 5.15 Å². The van der Waals surface area contributed by atoms with Crippen molar-refractivity contribution in [3.63, 3.8) is 0 Å². The maximum Gasteiger partial charge on any atom is 0.285 e. The minimum absolute atomic E-state index is 0.118. The van der Waals surface area contributed by atoms with Crippen molar-refractivity contribution in [1.82, 2.24) is 10.2 Å². The van der Waals surface area contributed by atoms with Gasteiger partial charge in [-0.2, -0.15) is 0 Å². The van der Waals surface area contributed by atoms with Crippen LogP contribution in [-0.4, -0.2) is 16.0 Å². The van der Waals surface area contributed by atoms with Crippen LogP contribution in [0.1, 0.15) is 17.3 Å². The van der Waals surface area contributed by atoms with E-state index in [1.807, 2.05) is 0 Å². The summed E-state index contributed by atoms with van der Waals surface area (Å²) in [5.74, 6) is -0.0329. The quantitative estimate of drug-likeness (QED) is 0.864. The molecule has 0 spiro atoms. The van der Waals surface area contributed by atoms with Gasteiger partial charge in [-0.1, -0.05) is 23.7 Å². The van der Waals surface area contributed by atoms with Crippen molar-refractivity contribution in [3.05, 3.63) is 51.3 Å². The number of H-pyrrole nitrogens is 1. The lowest BCUT2D eigenvalue weighted by molar-refractivity contribution is 0.101. The topological polar surface area (TPSA) is 72.0 Å².